The molecule has 6 nitrogen and oxygen atoms in total. The summed E-state index contributed by atoms with van der Waals surface area (Å²) in [6, 6.07) is 0.258. The molecule has 25 heavy (non-hydrogen) atoms. The summed E-state index contributed by atoms with van der Waals surface area (Å²) >= 11 is 0. The quantitative estimate of drug-likeness (QED) is 0.815. The van der Waals surface area contributed by atoms with Crippen molar-refractivity contribution in [1.82, 2.24) is 15.1 Å². The van der Waals surface area contributed by atoms with E-state index in [4.69, 9.17) is 4.74 Å². The molecular formula is C19H37N3O3. The molecule has 1 saturated heterocycles. The van der Waals surface area contributed by atoms with Gasteiger partial charge in [-0.05, 0) is 66.7 Å². The van der Waals surface area contributed by atoms with Gasteiger partial charge in [-0.15, -0.1) is 0 Å². The highest BCUT2D eigenvalue weighted by Crippen LogP contribution is 2.21. The van der Waals surface area contributed by atoms with E-state index in [9.17, 15) is 9.59 Å². The van der Waals surface area contributed by atoms with E-state index in [2.05, 4.69) is 12.2 Å². The van der Waals surface area contributed by atoms with E-state index in [1.807, 2.05) is 46.4 Å². The molecule has 6 heteroatoms. The Labute approximate surface area is 153 Å². The van der Waals surface area contributed by atoms with E-state index < -0.39 is 5.60 Å². The number of hydrogen-bond acceptors (Lipinski definition) is 3. The van der Waals surface area contributed by atoms with Gasteiger partial charge < -0.3 is 19.9 Å². The zero-order chi connectivity index (χ0) is 19.2. The van der Waals surface area contributed by atoms with Crippen LogP contribution < -0.4 is 5.32 Å². The molecule has 1 rings (SSSR count). The molecule has 3 amide bonds. The maximum absolute atomic E-state index is 12.5. The highest BCUT2D eigenvalue weighted by molar-refractivity contribution is 5.74. The van der Waals surface area contributed by atoms with Crippen LogP contribution in [0.25, 0.3) is 0 Å². The van der Waals surface area contributed by atoms with Gasteiger partial charge in [0.15, 0.2) is 0 Å². The van der Waals surface area contributed by atoms with Gasteiger partial charge in [0.2, 0.25) is 0 Å². The molecule has 0 aliphatic carbocycles. The Morgan fingerprint density at radius 3 is 2.44 bits per heavy atom. The zero-order valence-electron chi connectivity index (χ0n) is 17.1. The number of hydrogen-bond donors (Lipinski definition) is 1. The van der Waals surface area contributed by atoms with Crippen LogP contribution in [0, 0.1) is 5.92 Å². The van der Waals surface area contributed by atoms with Crippen LogP contribution in [-0.2, 0) is 4.74 Å². The monoisotopic (exact) mass is 355 g/mol. The third-order valence-corrected chi connectivity index (χ3v) is 4.49. The normalized spacial score (nSPS) is 19.5. The SMILES string of the molecule is CC[C@@H](C)NC(=O)N1CCC[C@@H](CN(C(=O)OC(C)(C)C)C(C)C)C1. The molecule has 0 unspecified atom stereocenters. The maximum atomic E-state index is 12.5. The van der Waals surface area contributed by atoms with Gasteiger partial charge in [-0.3, -0.25) is 0 Å². The largest absolute Gasteiger partial charge is 0.444 e. The van der Waals surface area contributed by atoms with Crippen molar-refractivity contribution in [3.05, 3.63) is 0 Å². The number of amides is 3. The fraction of sp³-hybridized carbons (Fsp3) is 0.895. The molecular weight excluding hydrogens is 318 g/mol. The van der Waals surface area contributed by atoms with Gasteiger partial charge in [0.25, 0.3) is 0 Å². The molecule has 1 fully saturated rings. The summed E-state index contributed by atoms with van der Waals surface area (Å²) in [4.78, 5) is 28.5. The van der Waals surface area contributed by atoms with E-state index in [-0.39, 0.29) is 30.1 Å². The van der Waals surface area contributed by atoms with E-state index in [1.165, 1.54) is 0 Å². The summed E-state index contributed by atoms with van der Waals surface area (Å²) in [5, 5.41) is 3.03. The van der Waals surface area contributed by atoms with E-state index in [1.54, 1.807) is 4.90 Å². The fourth-order valence-electron chi connectivity index (χ4n) is 2.90. The molecule has 0 aromatic rings. The van der Waals surface area contributed by atoms with Crippen LogP contribution in [0.3, 0.4) is 0 Å². The van der Waals surface area contributed by atoms with Crippen molar-refractivity contribution in [2.75, 3.05) is 19.6 Å². The number of nitrogens with one attached hydrogen (secondary N) is 1. The summed E-state index contributed by atoms with van der Waals surface area (Å²) in [6.45, 7) is 15.8. The van der Waals surface area contributed by atoms with Gasteiger partial charge in [-0.1, -0.05) is 6.92 Å². The Kier molecular flexibility index (Phi) is 8.03. The lowest BCUT2D eigenvalue weighted by Gasteiger charge is -2.37. The van der Waals surface area contributed by atoms with Gasteiger partial charge >= 0.3 is 12.1 Å². The molecule has 146 valence electrons. The molecule has 1 N–H and O–H groups in total. The van der Waals surface area contributed by atoms with Crippen molar-refractivity contribution in [2.45, 2.75) is 85.4 Å². The second-order valence-electron chi connectivity index (χ2n) is 8.44. The van der Waals surface area contributed by atoms with Crippen molar-refractivity contribution < 1.29 is 14.3 Å². The molecule has 1 heterocycles. The van der Waals surface area contributed by atoms with Gasteiger partial charge in [0.05, 0.1) is 0 Å². The maximum Gasteiger partial charge on any atom is 0.410 e. The number of piperidine rings is 1. The van der Waals surface area contributed by atoms with Crippen molar-refractivity contribution >= 4 is 12.1 Å². The molecule has 0 aromatic carbocycles. The first kappa shape index (κ1) is 21.6. The van der Waals surface area contributed by atoms with E-state index in [0.717, 1.165) is 25.8 Å². The minimum absolute atomic E-state index is 0.00687. The van der Waals surface area contributed by atoms with Gasteiger partial charge in [0.1, 0.15) is 5.60 Å². The summed E-state index contributed by atoms with van der Waals surface area (Å²) in [5.74, 6) is 0.284. The standard InChI is InChI=1S/C19H37N3O3/c1-8-15(4)20-17(23)21-11-9-10-16(12-21)13-22(14(2)3)18(24)25-19(5,6)7/h14-16H,8-13H2,1-7H3,(H,20,23)/t15-,16-/m1/s1. The average molecular weight is 356 g/mol. The third-order valence-electron chi connectivity index (χ3n) is 4.49. The van der Waals surface area contributed by atoms with E-state index in [0.29, 0.717) is 13.1 Å². The number of carbonyl (C=O) groups excluding carboxylic acids is 2. The molecule has 0 saturated carbocycles. The number of nitrogens with zero attached hydrogens (tertiary/aromatic N) is 2. The molecule has 2 atom stereocenters. The van der Waals surface area contributed by atoms with Crippen molar-refractivity contribution in [1.29, 1.82) is 0 Å². The Morgan fingerprint density at radius 2 is 1.92 bits per heavy atom. The number of ether oxygens (including phenoxy) is 1. The minimum atomic E-state index is -0.501. The minimum Gasteiger partial charge on any atom is -0.444 e. The fourth-order valence-corrected chi connectivity index (χ4v) is 2.90. The Bertz CT molecular complexity index is 446. The van der Waals surface area contributed by atoms with Crippen LogP contribution >= 0.6 is 0 Å². The zero-order valence-corrected chi connectivity index (χ0v) is 17.1. The van der Waals surface area contributed by atoms with Crippen LogP contribution in [0.2, 0.25) is 0 Å². The third kappa shape index (κ3) is 7.53. The molecule has 0 spiro atoms. The predicted molar refractivity (Wildman–Crippen MR) is 101 cm³/mol. The smallest absolute Gasteiger partial charge is 0.410 e. The predicted octanol–water partition coefficient (Wildman–Crippen LogP) is 3.85. The summed E-state index contributed by atoms with van der Waals surface area (Å²) in [6.07, 6.45) is 2.64. The van der Waals surface area contributed by atoms with Crippen LogP contribution in [0.15, 0.2) is 0 Å². The van der Waals surface area contributed by atoms with Gasteiger partial charge in [-0.2, -0.15) is 0 Å². The Balaban J connectivity index is 2.66. The highest BCUT2D eigenvalue weighted by atomic mass is 16.6. The van der Waals surface area contributed by atoms with Crippen LogP contribution in [0.4, 0.5) is 9.59 Å². The first-order valence-corrected chi connectivity index (χ1v) is 9.58. The number of likely N-dealkylation sites (tertiary alicyclic amines) is 1. The summed E-state index contributed by atoms with van der Waals surface area (Å²) in [7, 11) is 0. The summed E-state index contributed by atoms with van der Waals surface area (Å²) < 4.78 is 5.54. The lowest BCUT2D eigenvalue weighted by Crippen LogP contribution is -2.51. The second-order valence-corrected chi connectivity index (χ2v) is 8.44. The molecule has 1 aliphatic rings. The van der Waals surface area contributed by atoms with Crippen molar-refractivity contribution in [3.8, 4) is 0 Å². The molecule has 0 radical (unpaired) electrons. The Morgan fingerprint density at radius 1 is 1.28 bits per heavy atom. The molecule has 1 aliphatic heterocycles. The number of carbonyl (C=O) groups is 2. The molecule has 0 aromatic heterocycles. The topological polar surface area (TPSA) is 61.9 Å². The van der Waals surface area contributed by atoms with Crippen LogP contribution in [0.5, 0.6) is 0 Å². The Hall–Kier alpha value is -1.46. The number of rotatable bonds is 5. The average Bonchev–Trinajstić information content (AvgIpc) is 2.50. The van der Waals surface area contributed by atoms with Crippen molar-refractivity contribution in [3.63, 3.8) is 0 Å². The molecule has 0 bridgehead atoms. The first-order valence-electron chi connectivity index (χ1n) is 9.58. The van der Waals surface area contributed by atoms with E-state index >= 15 is 0 Å². The highest BCUT2D eigenvalue weighted by Gasteiger charge is 2.30. The summed E-state index contributed by atoms with van der Waals surface area (Å²) in [5.41, 5.74) is -0.501. The van der Waals surface area contributed by atoms with Gasteiger partial charge in [0, 0.05) is 31.7 Å². The van der Waals surface area contributed by atoms with Crippen LogP contribution in [-0.4, -0.2) is 59.2 Å². The lowest BCUT2D eigenvalue weighted by molar-refractivity contribution is 0.0131. The van der Waals surface area contributed by atoms with Crippen LogP contribution in [0.1, 0.15) is 67.7 Å². The number of urea groups is 1. The second kappa shape index (κ2) is 9.30. The lowest BCUT2D eigenvalue weighted by atomic mass is 9.97. The first-order chi connectivity index (χ1) is 11.5. The van der Waals surface area contributed by atoms with Gasteiger partial charge in [-0.25, -0.2) is 9.59 Å². The van der Waals surface area contributed by atoms with Crippen molar-refractivity contribution in [2.24, 2.45) is 5.92 Å².